The predicted octanol–water partition coefficient (Wildman–Crippen LogP) is -0.473. The molecule has 1 rings (SSSR count). The van der Waals surface area contributed by atoms with Gasteiger partial charge in [0.1, 0.15) is 12.2 Å². The first-order valence-corrected chi connectivity index (χ1v) is 10.6. The van der Waals surface area contributed by atoms with Gasteiger partial charge in [-0.1, -0.05) is 27.7 Å². The van der Waals surface area contributed by atoms with Gasteiger partial charge in [0.2, 0.25) is 11.8 Å². The lowest BCUT2D eigenvalue weighted by molar-refractivity contribution is -0.304. The second-order valence-corrected chi connectivity index (χ2v) is 9.46. The lowest BCUT2D eigenvalue weighted by Gasteiger charge is -2.44. The molecule has 1 heterocycles. The molecule has 0 aromatic heterocycles. The average Bonchev–Trinajstić information content (AvgIpc) is 2.70. The van der Waals surface area contributed by atoms with Crippen LogP contribution in [0.2, 0.25) is 0 Å². The summed E-state index contributed by atoms with van der Waals surface area (Å²) in [5, 5.41) is 40.8. The van der Waals surface area contributed by atoms with Crippen LogP contribution in [0.3, 0.4) is 0 Å². The zero-order valence-electron chi connectivity index (χ0n) is 19.7. The van der Waals surface area contributed by atoms with Crippen molar-refractivity contribution >= 4 is 11.8 Å². The van der Waals surface area contributed by atoms with Crippen molar-refractivity contribution in [3.63, 3.8) is 0 Å². The van der Waals surface area contributed by atoms with E-state index in [1.165, 1.54) is 0 Å². The molecule has 1 aliphatic heterocycles. The number of hydrogen-bond acceptors (Lipinski definition) is 8. The van der Waals surface area contributed by atoms with Crippen LogP contribution in [0.4, 0.5) is 0 Å². The van der Waals surface area contributed by atoms with Crippen molar-refractivity contribution in [1.82, 2.24) is 10.6 Å². The number of rotatable bonds is 10. The molecule has 0 aromatic carbocycles. The van der Waals surface area contributed by atoms with Gasteiger partial charge in [-0.3, -0.25) is 9.59 Å². The fourth-order valence-corrected chi connectivity index (χ4v) is 2.53. The van der Waals surface area contributed by atoms with Crippen molar-refractivity contribution in [2.75, 3.05) is 39.5 Å². The molecule has 31 heavy (non-hydrogen) atoms. The molecule has 0 radical (unpaired) electrons. The predicted molar refractivity (Wildman–Crippen MR) is 115 cm³/mol. The van der Waals surface area contributed by atoms with Crippen molar-refractivity contribution in [1.29, 1.82) is 0 Å². The van der Waals surface area contributed by atoms with E-state index in [2.05, 4.69) is 10.6 Å². The van der Waals surface area contributed by atoms with Crippen LogP contribution < -0.4 is 10.6 Å². The molecule has 1 aliphatic rings. The third kappa shape index (κ3) is 10.7. The largest absolute Gasteiger partial charge is 0.396 e. The maximum atomic E-state index is 12.0. The minimum Gasteiger partial charge on any atom is -0.396 e. The number of amides is 2. The third-order valence-electron chi connectivity index (χ3n) is 4.81. The highest BCUT2D eigenvalue weighted by Crippen LogP contribution is 2.34. The molecule has 6 N–H and O–H groups in total. The number of carbonyl (C=O) groups is 2. The topological polar surface area (TPSA) is 158 Å². The van der Waals surface area contributed by atoms with Crippen LogP contribution in [0, 0.1) is 10.8 Å². The molecule has 184 valence electrons. The third-order valence-corrected chi connectivity index (χ3v) is 4.81. The van der Waals surface area contributed by atoms with Gasteiger partial charge in [0, 0.05) is 37.1 Å². The molecule has 0 aromatic rings. The number of aliphatic hydroxyl groups is 4. The maximum absolute atomic E-state index is 12.0. The number of hydrogen-bond donors (Lipinski definition) is 6. The fourth-order valence-electron chi connectivity index (χ4n) is 2.53. The lowest BCUT2D eigenvalue weighted by atomic mass is 9.85. The van der Waals surface area contributed by atoms with E-state index in [0.717, 1.165) is 0 Å². The van der Waals surface area contributed by atoms with E-state index in [-0.39, 0.29) is 31.1 Å². The standard InChI is InChI=1S/C12H23NO4.C9H19NO4/c1-11(2)8-16-12(3,4)17-9(11)10(15)13-6-5-7-14;1-9(2,6-12)7(13)8(14)10-4-3-5-11/h9,14H,5-8H2,1-4H3,(H,13,15);7,11-13H,3-6H2,1-2H3,(H,10,14)/t9-;7-/m11/s1. The molecule has 10 nitrogen and oxygen atoms in total. The molecule has 0 unspecified atom stereocenters. The Balaban J connectivity index is 0.000000594. The normalized spacial score (nSPS) is 20.8. The minimum atomic E-state index is -1.23. The molecular formula is C21H42N2O8. The summed E-state index contributed by atoms with van der Waals surface area (Å²) < 4.78 is 11.2. The quantitative estimate of drug-likeness (QED) is 0.244. The average molecular weight is 451 g/mol. The van der Waals surface area contributed by atoms with Gasteiger partial charge in [-0.15, -0.1) is 0 Å². The van der Waals surface area contributed by atoms with Crippen LogP contribution in [0.15, 0.2) is 0 Å². The molecule has 0 aliphatic carbocycles. The highest BCUT2D eigenvalue weighted by molar-refractivity contribution is 5.82. The Labute approximate surface area is 185 Å². The summed E-state index contributed by atoms with van der Waals surface area (Å²) in [6, 6.07) is 0. The van der Waals surface area contributed by atoms with Crippen LogP contribution in [-0.2, 0) is 19.1 Å². The fraction of sp³-hybridized carbons (Fsp3) is 0.905. The van der Waals surface area contributed by atoms with Crippen LogP contribution in [0.25, 0.3) is 0 Å². The van der Waals surface area contributed by atoms with E-state index in [0.29, 0.717) is 32.5 Å². The van der Waals surface area contributed by atoms with Gasteiger partial charge < -0.3 is 40.5 Å². The Morgan fingerprint density at radius 2 is 1.55 bits per heavy atom. The molecule has 1 saturated heterocycles. The van der Waals surface area contributed by atoms with Gasteiger partial charge in [-0.05, 0) is 26.7 Å². The van der Waals surface area contributed by atoms with Gasteiger partial charge in [-0.25, -0.2) is 0 Å². The zero-order chi connectivity index (χ0) is 24.3. The van der Waals surface area contributed by atoms with Crippen LogP contribution in [0.5, 0.6) is 0 Å². The van der Waals surface area contributed by atoms with Crippen molar-refractivity contribution < 1.29 is 39.5 Å². The van der Waals surface area contributed by atoms with E-state index >= 15 is 0 Å². The van der Waals surface area contributed by atoms with Crippen molar-refractivity contribution in [2.24, 2.45) is 10.8 Å². The van der Waals surface area contributed by atoms with Gasteiger partial charge >= 0.3 is 0 Å². The number of aliphatic hydroxyl groups excluding tert-OH is 4. The van der Waals surface area contributed by atoms with Crippen molar-refractivity contribution in [2.45, 2.75) is 72.4 Å². The van der Waals surface area contributed by atoms with Crippen LogP contribution in [-0.4, -0.2) is 89.8 Å². The smallest absolute Gasteiger partial charge is 0.249 e. The van der Waals surface area contributed by atoms with Gasteiger partial charge in [0.05, 0.1) is 13.2 Å². The molecule has 2 amide bonds. The summed E-state index contributed by atoms with van der Waals surface area (Å²) in [6.45, 7) is 11.8. The Bertz CT molecular complexity index is 551. The summed E-state index contributed by atoms with van der Waals surface area (Å²) in [5.41, 5.74) is -1.19. The highest BCUT2D eigenvalue weighted by atomic mass is 16.7. The molecule has 10 heteroatoms. The second kappa shape index (κ2) is 13.3. The zero-order valence-corrected chi connectivity index (χ0v) is 19.7. The molecule has 0 spiro atoms. The Morgan fingerprint density at radius 3 is 2.03 bits per heavy atom. The monoisotopic (exact) mass is 450 g/mol. The molecule has 1 fully saturated rings. The lowest BCUT2D eigenvalue weighted by Crippen LogP contribution is -2.56. The Hall–Kier alpha value is -1.30. The summed E-state index contributed by atoms with van der Waals surface area (Å²) >= 11 is 0. The van der Waals surface area contributed by atoms with Gasteiger partial charge in [-0.2, -0.15) is 0 Å². The second-order valence-electron chi connectivity index (χ2n) is 9.46. The maximum Gasteiger partial charge on any atom is 0.249 e. The molecule has 0 bridgehead atoms. The first kappa shape index (κ1) is 29.7. The Morgan fingerprint density at radius 1 is 1.03 bits per heavy atom. The van der Waals surface area contributed by atoms with Gasteiger partial charge in [0.15, 0.2) is 5.79 Å². The Kier molecular flexibility index (Phi) is 12.7. The van der Waals surface area contributed by atoms with E-state index < -0.39 is 29.3 Å². The summed E-state index contributed by atoms with van der Waals surface area (Å²) in [6.07, 6.45) is -0.743. The highest BCUT2D eigenvalue weighted by Gasteiger charge is 2.45. The van der Waals surface area contributed by atoms with Crippen LogP contribution >= 0.6 is 0 Å². The van der Waals surface area contributed by atoms with E-state index in [9.17, 15) is 14.7 Å². The van der Waals surface area contributed by atoms with Crippen molar-refractivity contribution in [3.8, 4) is 0 Å². The van der Waals surface area contributed by atoms with E-state index in [1.54, 1.807) is 27.7 Å². The molecule has 0 saturated carbocycles. The summed E-state index contributed by atoms with van der Waals surface area (Å²) in [4.78, 5) is 23.3. The number of nitrogens with one attached hydrogen (secondary N) is 2. The first-order valence-electron chi connectivity index (χ1n) is 10.6. The van der Waals surface area contributed by atoms with E-state index in [1.807, 2.05) is 13.8 Å². The number of ether oxygens (including phenoxy) is 2. The SMILES string of the molecule is CC(C)(CO)[C@H](O)C(=O)NCCCO.CC1(C)OCC(C)(C)[C@@H](C(=O)NCCCO)O1. The summed E-state index contributed by atoms with van der Waals surface area (Å²) in [7, 11) is 0. The van der Waals surface area contributed by atoms with Crippen LogP contribution in [0.1, 0.15) is 54.4 Å². The van der Waals surface area contributed by atoms with Crippen molar-refractivity contribution in [3.05, 3.63) is 0 Å². The number of carbonyl (C=O) groups excluding carboxylic acids is 2. The molecule has 2 atom stereocenters. The minimum absolute atomic E-state index is 0.000230. The first-order chi connectivity index (χ1) is 14.2. The van der Waals surface area contributed by atoms with E-state index in [4.69, 9.17) is 24.8 Å². The summed E-state index contributed by atoms with van der Waals surface area (Å²) in [5.74, 6) is -1.38. The van der Waals surface area contributed by atoms with Gasteiger partial charge in [0.25, 0.3) is 0 Å². The molecular weight excluding hydrogens is 408 g/mol.